The summed E-state index contributed by atoms with van der Waals surface area (Å²) in [4.78, 5) is 12.6. The molecule has 0 bridgehead atoms. The summed E-state index contributed by atoms with van der Waals surface area (Å²) >= 11 is 3.55. The summed E-state index contributed by atoms with van der Waals surface area (Å²) in [7, 11) is 0. The summed E-state index contributed by atoms with van der Waals surface area (Å²) in [6, 6.07) is 5.99. The van der Waals surface area contributed by atoms with Gasteiger partial charge in [-0.05, 0) is 71.3 Å². The summed E-state index contributed by atoms with van der Waals surface area (Å²) in [5.41, 5.74) is 4.31. The molecule has 0 unspecified atom stereocenters. The Hall–Kier alpha value is -1.62. The van der Waals surface area contributed by atoms with E-state index in [2.05, 4.69) is 48.7 Å². The minimum atomic E-state index is -0.153. The van der Waals surface area contributed by atoms with Crippen molar-refractivity contribution in [1.29, 1.82) is 0 Å². The predicted octanol–water partition coefficient (Wildman–Crippen LogP) is 5.62. The molecule has 0 saturated heterocycles. The number of nitrogens with zero attached hydrogens (tertiary/aromatic N) is 2. The van der Waals surface area contributed by atoms with Gasteiger partial charge in [0.25, 0.3) is 5.91 Å². The van der Waals surface area contributed by atoms with E-state index in [0.717, 1.165) is 35.1 Å². The number of aryl methyl sites for hydroxylation is 1. The second-order valence-corrected chi connectivity index (χ2v) is 8.60. The van der Waals surface area contributed by atoms with Crippen LogP contribution < -0.4 is 4.74 Å². The smallest absolute Gasteiger partial charge is 0.284 e. The molecule has 4 nitrogen and oxygen atoms in total. The Morgan fingerprint density at radius 3 is 2.54 bits per heavy atom. The van der Waals surface area contributed by atoms with Gasteiger partial charge in [0, 0.05) is 5.69 Å². The zero-order valence-corrected chi connectivity index (χ0v) is 18.2. The van der Waals surface area contributed by atoms with E-state index < -0.39 is 0 Å². The molecule has 26 heavy (non-hydrogen) atoms. The molecule has 2 aromatic rings. The van der Waals surface area contributed by atoms with Crippen molar-refractivity contribution in [2.75, 3.05) is 6.61 Å². The maximum atomic E-state index is 12.6. The van der Waals surface area contributed by atoms with Crippen molar-refractivity contribution in [3.63, 3.8) is 0 Å². The highest BCUT2D eigenvalue weighted by Gasteiger charge is 2.18. The fraction of sp³-hybridized carbons (Fsp3) is 0.524. The van der Waals surface area contributed by atoms with Gasteiger partial charge in [0.15, 0.2) is 6.61 Å². The first-order chi connectivity index (χ1) is 12.1. The highest BCUT2D eigenvalue weighted by molar-refractivity contribution is 9.10. The first-order valence-corrected chi connectivity index (χ1v) is 9.95. The van der Waals surface area contributed by atoms with Crippen LogP contribution in [0, 0.1) is 13.8 Å². The van der Waals surface area contributed by atoms with Gasteiger partial charge in [-0.15, -0.1) is 0 Å². The van der Waals surface area contributed by atoms with Crippen LogP contribution in [0.4, 0.5) is 0 Å². The highest BCUT2D eigenvalue weighted by Crippen LogP contribution is 2.31. The van der Waals surface area contributed by atoms with Crippen molar-refractivity contribution in [2.24, 2.45) is 0 Å². The number of ether oxygens (including phenoxy) is 1. The van der Waals surface area contributed by atoms with Gasteiger partial charge in [-0.3, -0.25) is 4.79 Å². The molecule has 0 spiro atoms. The lowest BCUT2D eigenvalue weighted by atomic mass is 9.87. The van der Waals surface area contributed by atoms with E-state index in [-0.39, 0.29) is 17.9 Å². The number of carbonyl (C=O) groups excluding carboxylic acids is 1. The molecule has 0 N–H and O–H groups in total. The van der Waals surface area contributed by atoms with E-state index in [1.54, 1.807) is 0 Å². The van der Waals surface area contributed by atoms with E-state index in [4.69, 9.17) is 4.74 Å². The Labute approximate surface area is 165 Å². The fourth-order valence-electron chi connectivity index (χ4n) is 2.92. The highest BCUT2D eigenvalue weighted by atomic mass is 79.9. The summed E-state index contributed by atoms with van der Waals surface area (Å²) in [5.74, 6) is 0.513. The molecule has 0 radical (unpaired) electrons. The van der Waals surface area contributed by atoms with Crippen LogP contribution in [0.3, 0.4) is 0 Å². The summed E-state index contributed by atoms with van der Waals surface area (Å²) in [6.07, 6.45) is 3.19. The lowest BCUT2D eigenvalue weighted by molar-refractivity contribution is 0.0817. The predicted molar refractivity (Wildman–Crippen MR) is 109 cm³/mol. The number of rotatable bonds is 6. The van der Waals surface area contributed by atoms with Gasteiger partial charge in [0.1, 0.15) is 5.75 Å². The zero-order valence-electron chi connectivity index (χ0n) is 16.6. The molecule has 1 aromatic heterocycles. The van der Waals surface area contributed by atoms with Crippen LogP contribution >= 0.6 is 15.9 Å². The molecule has 0 amide bonds. The molecule has 5 heteroatoms. The van der Waals surface area contributed by atoms with Gasteiger partial charge in [-0.25, -0.2) is 4.68 Å². The minimum absolute atomic E-state index is 0.0390. The molecule has 0 aliphatic heterocycles. The van der Waals surface area contributed by atoms with Crippen molar-refractivity contribution >= 4 is 21.8 Å². The summed E-state index contributed by atoms with van der Waals surface area (Å²) < 4.78 is 8.09. The quantitative estimate of drug-likeness (QED) is 0.608. The number of benzene rings is 1. The maximum absolute atomic E-state index is 12.6. The second kappa shape index (κ2) is 8.38. The molecule has 0 fully saturated rings. The van der Waals surface area contributed by atoms with Gasteiger partial charge in [-0.2, -0.15) is 5.10 Å². The van der Waals surface area contributed by atoms with E-state index in [0.29, 0.717) is 5.75 Å². The van der Waals surface area contributed by atoms with Crippen LogP contribution in [0.1, 0.15) is 67.8 Å². The Bertz CT molecular complexity index is 788. The van der Waals surface area contributed by atoms with Crippen molar-refractivity contribution in [3.8, 4) is 5.75 Å². The number of hydrogen-bond acceptors (Lipinski definition) is 3. The van der Waals surface area contributed by atoms with E-state index >= 15 is 0 Å². The standard InChI is InChI=1S/C21H29BrN2O2/c1-7-8-9-17-14(2)23-24(15(17)3)20(25)13-26-19-11-10-16(12-18(19)22)21(4,5)6/h10-12H,7-9,13H2,1-6H3. The molecule has 0 saturated carbocycles. The molecule has 0 atom stereocenters. The van der Waals surface area contributed by atoms with Crippen LogP contribution in [-0.4, -0.2) is 22.3 Å². The number of hydrogen-bond donors (Lipinski definition) is 0. The summed E-state index contributed by atoms with van der Waals surface area (Å²) in [6.45, 7) is 12.5. The van der Waals surface area contributed by atoms with Crippen LogP contribution in [-0.2, 0) is 11.8 Å². The van der Waals surface area contributed by atoms with Gasteiger partial charge < -0.3 is 4.74 Å². The molecule has 1 aromatic carbocycles. The van der Waals surface area contributed by atoms with Crippen LogP contribution in [0.2, 0.25) is 0 Å². The molecule has 2 rings (SSSR count). The number of unbranched alkanes of at least 4 members (excludes halogenated alkanes) is 1. The average Bonchev–Trinajstić information content (AvgIpc) is 2.85. The zero-order chi connectivity index (χ0) is 19.5. The van der Waals surface area contributed by atoms with Gasteiger partial charge in [0.05, 0.1) is 10.2 Å². The van der Waals surface area contributed by atoms with Crippen molar-refractivity contribution in [3.05, 3.63) is 45.2 Å². The largest absolute Gasteiger partial charge is 0.483 e. The average molecular weight is 421 g/mol. The third kappa shape index (κ3) is 4.76. The van der Waals surface area contributed by atoms with Crippen molar-refractivity contribution in [2.45, 2.75) is 66.2 Å². The second-order valence-electron chi connectivity index (χ2n) is 7.74. The molecule has 0 aliphatic carbocycles. The van der Waals surface area contributed by atoms with E-state index in [9.17, 15) is 4.79 Å². The third-order valence-corrected chi connectivity index (χ3v) is 5.23. The molecule has 0 aliphatic rings. The maximum Gasteiger partial charge on any atom is 0.284 e. The van der Waals surface area contributed by atoms with Crippen LogP contribution in [0.5, 0.6) is 5.75 Å². The van der Waals surface area contributed by atoms with Gasteiger partial charge >= 0.3 is 0 Å². The lowest BCUT2D eigenvalue weighted by Crippen LogP contribution is -2.22. The number of carbonyl (C=O) groups is 1. The number of halogens is 1. The van der Waals surface area contributed by atoms with Crippen molar-refractivity contribution < 1.29 is 9.53 Å². The van der Waals surface area contributed by atoms with Crippen LogP contribution in [0.25, 0.3) is 0 Å². The van der Waals surface area contributed by atoms with Gasteiger partial charge in [-0.1, -0.05) is 40.2 Å². The SMILES string of the molecule is CCCCc1c(C)nn(C(=O)COc2ccc(C(C)(C)C)cc2Br)c1C. The van der Waals surface area contributed by atoms with Gasteiger partial charge in [0.2, 0.25) is 0 Å². The molecular weight excluding hydrogens is 392 g/mol. The normalized spacial score (nSPS) is 11.7. The van der Waals surface area contributed by atoms with E-state index in [1.807, 2.05) is 32.0 Å². The lowest BCUT2D eigenvalue weighted by Gasteiger charge is -2.20. The Morgan fingerprint density at radius 2 is 1.96 bits per heavy atom. The monoisotopic (exact) mass is 420 g/mol. The number of aromatic nitrogens is 2. The first-order valence-electron chi connectivity index (χ1n) is 9.16. The summed E-state index contributed by atoms with van der Waals surface area (Å²) in [5, 5.41) is 4.42. The first kappa shape index (κ1) is 20.7. The molecule has 1 heterocycles. The van der Waals surface area contributed by atoms with Crippen molar-refractivity contribution in [1.82, 2.24) is 9.78 Å². The Kier molecular flexibility index (Phi) is 6.67. The molecule has 142 valence electrons. The Morgan fingerprint density at radius 1 is 1.27 bits per heavy atom. The minimum Gasteiger partial charge on any atom is -0.483 e. The topological polar surface area (TPSA) is 44.1 Å². The Balaban J connectivity index is 2.10. The van der Waals surface area contributed by atoms with E-state index in [1.165, 1.54) is 15.8 Å². The third-order valence-electron chi connectivity index (χ3n) is 4.61. The molecular formula is C21H29BrN2O2. The fourth-order valence-corrected chi connectivity index (χ4v) is 3.41. The van der Waals surface area contributed by atoms with Crippen LogP contribution in [0.15, 0.2) is 22.7 Å².